The lowest BCUT2D eigenvalue weighted by atomic mass is 10.00. The van der Waals surface area contributed by atoms with Gasteiger partial charge in [-0.15, -0.1) is 19.1 Å². The summed E-state index contributed by atoms with van der Waals surface area (Å²) in [5, 5.41) is 21.0. The van der Waals surface area contributed by atoms with Gasteiger partial charge in [-0.05, 0) is 32.3 Å². The van der Waals surface area contributed by atoms with Crippen LogP contribution in [0.2, 0.25) is 0 Å². The van der Waals surface area contributed by atoms with Gasteiger partial charge in [0.2, 0.25) is 0 Å². The van der Waals surface area contributed by atoms with Gasteiger partial charge >= 0.3 is 0 Å². The first-order chi connectivity index (χ1) is 11.5. The molecule has 25 heavy (non-hydrogen) atoms. The number of rotatable bonds is 4. The number of amidine groups is 1. The monoisotopic (exact) mass is 365 g/mol. The maximum absolute atomic E-state index is 10.5. The minimum Gasteiger partial charge on any atom is -0.388 e. The van der Waals surface area contributed by atoms with Crippen LogP contribution in [0.25, 0.3) is 0 Å². The van der Waals surface area contributed by atoms with Crippen LogP contribution < -0.4 is 5.73 Å². The van der Waals surface area contributed by atoms with Crippen LogP contribution >= 0.6 is 6.89 Å². The Morgan fingerprint density at radius 3 is 2.64 bits per heavy atom. The van der Waals surface area contributed by atoms with E-state index in [0.29, 0.717) is 11.4 Å². The van der Waals surface area contributed by atoms with Crippen molar-refractivity contribution in [1.82, 2.24) is 4.90 Å². The Bertz CT molecular complexity index is 713. The molecular weight excluding hydrogens is 337 g/mol. The molecule has 0 aromatic heterocycles. The van der Waals surface area contributed by atoms with Gasteiger partial charge in [0.05, 0.1) is 11.7 Å². The van der Waals surface area contributed by atoms with Gasteiger partial charge in [-0.3, -0.25) is 0 Å². The summed E-state index contributed by atoms with van der Waals surface area (Å²) >= 11 is 0. The van der Waals surface area contributed by atoms with Gasteiger partial charge in [-0.1, -0.05) is 19.4 Å². The maximum Gasteiger partial charge on any atom is 0.164 e. The Kier molecular flexibility index (Phi) is 5.86. The zero-order valence-corrected chi connectivity index (χ0v) is 16.2. The van der Waals surface area contributed by atoms with E-state index in [1.165, 1.54) is 0 Å². The lowest BCUT2D eigenvalue weighted by Gasteiger charge is -2.32. The molecule has 0 amide bonds. The number of hydrogen-bond acceptors (Lipinski definition) is 6. The van der Waals surface area contributed by atoms with Crippen molar-refractivity contribution in [2.75, 3.05) is 19.5 Å². The third-order valence-corrected chi connectivity index (χ3v) is 5.81. The van der Waals surface area contributed by atoms with Crippen molar-refractivity contribution in [2.45, 2.75) is 38.4 Å². The van der Waals surface area contributed by atoms with Gasteiger partial charge in [-0.2, -0.15) is 0 Å². The third kappa shape index (κ3) is 4.37. The molecule has 0 radical (unpaired) electrons. The fourth-order valence-electron chi connectivity index (χ4n) is 3.26. The predicted molar refractivity (Wildman–Crippen MR) is 105 cm³/mol. The standard InChI is InChI=1S/C18H28N3O3P/c1-7-8-13-9-21(12(3)20-17(13)19)18-15(23)14(22)16(24-18)11(2)10-25(4,5)6/h9,11,14-16,18,22-23H,3-4,10H2,1-2,5-6H3,(H2,19,20)/t11?,14-,15+,16+,18+/m0/s1. The van der Waals surface area contributed by atoms with Crippen molar-refractivity contribution in [3.05, 3.63) is 24.2 Å². The molecule has 1 unspecified atom stereocenters. The number of ether oxygens (including phenoxy) is 1. The lowest BCUT2D eigenvalue weighted by Crippen LogP contribution is -2.42. The summed E-state index contributed by atoms with van der Waals surface area (Å²) in [6.45, 7) is 10.6. The topological polar surface area (TPSA) is 91.3 Å². The fourth-order valence-corrected chi connectivity index (χ4v) is 5.02. The number of aliphatic hydroxyl groups is 2. The van der Waals surface area contributed by atoms with E-state index in [1.54, 1.807) is 18.0 Å². The summed E-state index contributed by atoms with van der Waals surface area (Å²) in [5.41, 5.74) is 6.39. The SMILES string of the molecule is C=C1N=C(N)C(C#CC)=CN1[C@@H]1O[C@H](C(C)CP(=C)(C)C)[C@@H](O)[C@H]1O. The molecule has 2 heterocycles. The first-order valence-corrected chi connectivity index (χ1v) is 11.3. The molecule has 0 saturated carbocycles. The second-order valence-electron chi connectivity index (χ2n) is 7.31. The van der Waals surface area contributed by atoms with E-state index in [0.717, 1.165) is 6.16 Å². The average Bonchev–Trinajstić information content (AvgIpc) is 2.77. The summed E-state index contributed by atoms with van der Waals surface area (Å²) in [6.07, 6.45) is 3.40. The summed E-state index contributed by atoms with van der Waals surface area (Å²) in [7, 11) is 0. The Labute approximate surface area is 150 Å². The zero-order valence-electron chi connectivity index (χ0n) is 15.3. The Balaban J connectivity index is 2.24. The summed E-state index contributed by atoms with van der Waals surface area (Å²) < 4.78 is 6.02. The van der Waals surface area contributed by atoms with Crippen LogP contribution in [-0.4, -0.2) is 71.3 Å². The smallest absolute Gasteiger partial charge is 0.164 e. The molecule has 138 valence electrons. The van der Waals surface area contributed by atoms with Crippen molar-refractivity contribution < 1.29 is 14.9 Å². The van der Waals surface area contributed by atoms with Crippen LogP contribution in [0.1, 0.15) is 13.8 Å². The Hall–Kier alpha value is -1.51. The van der Waals surface area contributed by atoms with Crippen LogP contribution in [0.3, 0.4) is 0 Å². The highest BCUT2D eigenvalue weighted by Gasteiger charge is 2.48. The van der Waals surface area contributed by atoms with E-state index >= 15 is 0 Å². The van der Waals surface area contributed by atoms with Gasteiger partial charge < -0.3 is 25.6 Å². The second-order valence-corrected chi connectivity index (χ2v) is 11.5. The highest BCUT2D eigenvalue weighted by atomic mass is 31.2. The van der Waals surface area contributed by atoms with Crippen LogP contribution in [0.5, 0.6) is 0 Å². The molecule has 4 N–H and O–H groups in total. The molecule has 0 bridgehead atoms. The highest BCUT2D eigenvalue weighted by Crippen LogP contribution is 2.41. The van der Waals surface area contributed by atoms with Crippen molar-refractivity contribution in [3.63, 3.8) is 0 Å². The Morgan fingerprint density at radius 2 is 2.08 bits per heavy atom. The molecule has 7 heteroatoms. The molecule has 0 aliphatic carbocycles. The van der Waals surface area contributed by atoms with Crippen molar-refractivity contribution in [1.29, 1.82) is 0 Å². The summed E-state index contributed by atoms with van der Waals surface area (Å²) in [4.78, 5) is 5.76. The molecule has 2 aliphatic heterocycles. The van der Waals surface area contributed by atoms with E-state index in [2.05, 4.69) is 43.0 Å². The normalized spacial score (nSPS) is 31.1. The van der Waals surface area contributed by atoms with E-state index < -0.39 is 31.4 Å². The minimum absolute atomic E-state index is 0.0704. The molecule has 0 aromatic carbocycles. The van der Waals surface area contributed by atoms with Crippen molar-refractivity contribution >= 4 is 19.0 Å². The largest absolute Gasteiger partial charge is 0.388 e. The average molecular weight is 365 g/mol. The minimum atomic E-state index is -1.28. The molecule has 1 saturated heterocycles. The van der Waals surface area contributed by atoms with Gasteiger partial charge in [-0.25, -0.2) is 4.99 Å². The van der Waals surface area contributed by atoms with Crippen LogP contribution in [0, 0.1) is 17.8 Å². The van der Waals surface area contributed by atoms with E-state index in [4.69, 9.17) is 10.5 Å². The molecule has 6 nitrogen and oxygen atoms in total. The number of aliphatic hydroxyl groups excluding tert-OH is 2. The first kappa shape index (κ1) is 19.8. The number of nitrogens with two attached hydrogens (primary N) is 1. The molecule has 2 rings (SSSR count). The van der Waals surface area contributed by atoms with Gasteiger partial charge in [0.25, 0.3) is 0 Å². The van der Waals surface area contributed by atoms with Gasteiger partial charge in [0.1, 0.15) is 23.9 Å². The summed E-state index contributed by atoms with van der Waals surface area (Å²) in [6, 6.07) is 0. The quantitative estimate of drug-likeness (QED) is 0.507. The van der Waals surface area contributed by atoms with E-state index in [-0.39, 0.29) is 11.8 Å². The van der Waals surface area contributed by atoms with Gasteiger partial charge in [0.15, 0.2) is 6.23 Å². The molecule has 0 aromatic rings. The van der Waals surface area contributed by atoms with E-state index in [9.17, 15) is 10.2 Å². The molecule has 1 fully saturated rings. The Morgan fingerprint density at radius 1 is 1.44 bits per heavy atom. The van der Waals surface area contributed by atoms with E-state index in [1.807, 2.05) is 6.92 Å². The molecule has 0 spiro atoms. The van der Waals surface area contributed by atoms with Crippen LogP contribution in [0.4, 0.5) is 0 Å². The molecule has 2 aliphatic rings. The number of aliphatic imine (C=N–C) groups is 1. The molecular formula is C18H28N3O3P. The summed E-state index contributed by atoms with van der Waals surface area (Å²) in [5.74, 6) is 6.33. The molecule has 5 atom stereocenters. The maximum atomic E-state index is 10.5. The number of hydrogen-bond donors (Lipinski definition) is 3. The van der Waals surface area contributed by atoms with Crippen molar-refractivity contribution in [2.24, 2.45) is 16.6 Å². The predicted octanol–water partition coefficient (Wildman–Crippen LogP) is 0.830. The fraction of sp³-hybridized carbons (Fsp3) is 0.556. The lowest BCUT2D eigenvalue weighted by molar-refractivity contribution is -0.0681. The van der Waals surface area contributed by atoms with Crippen molar-refractivity contribution in [3.8, 4) is 11.8 Å². The second kappa shape index (κ2) is 7.39. The van der Waals surface area contributed by atoms with Gasteiger partial charge in [0, 0.05) is 6.20 Å². The third-order valence-electron chi connectivity index (χ3n) is 4.24. The highest BCUT2D eigenvalue weighted by molar-refractivity contribution is 7.72. The zero-order chi connectivity index (χ0) is 18.9. The first-order valence-electron chi connectivity index (χ1n) is 8.20. The van der Waals surface area contributed by atoms with Crippen LogP contribution in [0.15, 0.2) is 29.2 Å². The number of nitrogens with zero attached hydrogens (tertiary/aromatic N) is 2. The van der Waals surface area contributed by atoms with Crippen LogP contribution in [-0.2, 0) is 4.74 Å².